The van der Waals surface area contributed by atoms with Gasteiger partial charge in [0.1, 0.15) is 0 Å². The van der Waals surface area contributed by atoms with Crippen molar-refractivity contribution in [3.63, 3.8) is 0 Å². The lowest BCUT2D eigenvalue weighted by Gasteiger charge is -2.32. The quantitative estimate of drug-likeness (QED) is 0.336. The second-order valence-corrected chi connectivity index (χ2v) is 7.62. The topological polar surface area (TPSA) is 20.2 Å². The standard InChI is InChI=1S/C23H12F12O/c24-20(25,26)15-9-13(10-16(11-15)21(27,28)29)18-4-2-1-3-17(18)12-5-7-14(8-6-12)19(36,22(30,31)32)23(33,34)35/h1-11,36H. The highest BCUT2D eigenvalue weighted by Gasteiger charge is 2.71. The predicted molar refractivity (Wildman–Crippen MR) is 103 cm³/mol. The van der Waals surface area contributed by atoms with Gasteiger partial charge in [-0.3, -0.25) is 0 Å². The van der Waals surface area contributed by atoms with Crippen LogP contribution in [-0.2, 0) is 18.0 Å². The van der Waals surface area contributed by atoms with Gasteiger partial charge >= 0.3 is 24.7 Å². The Morgan fingerprint density at radius 1 is 0.444 bits per heavy atom. The van der Waals surface area contributed by atoms with Crippen molar-refractivity contribution in [2.45, 2.75) is 30.3 Å². The molecule has 0 atom stereocenters. The molecule has 0 unspecified atom stereocenters. The normalized spacial score (nSPS) is 13.7. The van der Waals surface area contributed by atoms with Gasteiger partial charge in [0.05, 0.1) is 11.1 Å². The number of halogens is 12. The van der Waals surface area contributed by atoms with Gasteiger partial charge < -0.3 is 5.11 Å². The van der Waals surface area contributed by atoms with Gasteiger partial charge in [0.25, 0.3) is 5.60 Å². The summed E-state index contributed by atoms with van der Waals surface area (Å²) in [6.07, 6.45) is -22.6. The minimum absolute atomic E-state index is 0.0842. The molecule has 0 heterocycles. The van der Waals surface area contributed by atoms with E-state index in [0.717, 1.165) is 18.2 Å². The fourth-order valence-corrected chi connectivity index (χ4v) is 3.48. The van der Waals surface area contributed by atoms with Crippen LogP contribution in [0.3, 0.4) is 0 Å². The fraction of sp³-hybridized carbons (Fsp3) is 0.217. The van der Waals surface area contributed by atoms with E-state index in [9.17, 15) is 57.8 Å². The van der Waals surface area contributed by atoms with Crippen LogP contribution in [0, 0.1) is 0 Å². The highest BCUT2D eigenvalue weighted by Crippen LogP contribution is 2.50. The zero-order chi connectivity index (χ0) is 27.3. The molecule has 1 N–H and O–H groups in total. The van der Waals surface area contributed by atoms with Gasteiger partial charge in [-0.1, -0.05) is 48.5 Å². The smallest absolute Gasteiger partial charge is 0.369 e. The van der Waals surface area contributed by atoms with Gasteiger partial charge in [0, 0.05) is 5.56 Å². The molecule has 0 saturated carbocycles. The Morgan fingerprint density at radius 3 is 1.19 bits per heavy atom. The average Bonchev–Trinajstić information content (AvgIpc) is 2.75. The van der Waals surface area contributed by atoms with Crippen molar-refractivity contribution >= 4 is 0 Å². The van der Waals surface area contributed by atoms with E-state index < -0.39 is 52.6 Å². The summed E-state index contributed by atoms with van der Waals surface area (Å²) in [4.78, 5) is 0. The number of aliphatic hydroxyl groups is 1. The Balaban J connectivity index is 2.18. The van der Waals surface area contributed by atoms with Crippen LogP contribution in [0.5, 0.6) is 0 Å². The van der Waals surface area contributed by atoms with Crippen molar-refractivity contribution < 1.29 is 57.8 Å². The predicted octanol–water partition coefficient (Wildman–Crippen LogP) is 8.37. The van der Waals surface area contributed by atoms with E-state index in [4.69, 9.17) is 0 Å². The van der Waals surface area contributed by atoms with E-state index in [1.807, 2.05) is 0 Å². The maximum atomic E-state index is 13.2. The largest absolute Gasteiger partial charge is 0.430 e. The van der Waals surface area contributed by atoms with E-state index in [0.29, 0.717) is 24.3 Å². The third-order valence-electron chi connectivity index (χ3n) is 5.26. The first kappa shape index (κ1) is 27.4. The summed E-state index contributed by atoms with van der Waals surface area (Å²) in [6, 6.07) is 7.82. The summed E-state index contributed by atoms with van der Waals surface area (Å²) in [5, 5.41) is 9.50. The van der Waals surface area contributed by atoms with Crippen LogP contribution in [0.15, 0.2) is 66.7 Å². The molecule has 0 aliphatic rings. The molecule has 1 nitrogen and oxygen atoms in total. The average molecular weight is 532 g/mol. The summed E-state index contributed by atoms with van der Waals surface area (Å²) in [5.74, 6) is 0. The Bertz CT molecular complexity index is 1190. The minimum atomic E-state index is -6.14. The summed E-state index contributed by atoms with van der Waals surface area (Å²) in [6.45, 7) is 0. The van der Waals surface area contributed by atoms with E-state index in [2.05, 4.69) is 0 Å². The van der Waals surface area contributed by atoms with Gasteiger partial charge in [0.15, 0.2) is 0 Å². The molecule has 3 aromatic rings. The first-order valence-electron chi connectivity index (χ1n) is 9.62. The molecule has 194 valence electrons. The van der Waals surface area contributed by atoms with Gasteiger partial charge in [-0.2, -0.15) is 52.7 Å². The van der Waals surface area contributed by atoms with Crippen LogP contribution in [0.4, 0.5) is 52.7 Å². The van der Waals surface area contributed by atoms with Crippen LogP contribution in [0.1, 0.15) is 16.7 Å². The second kappa shape index (κ2) is 8.71. The number of hydrogen-bond acceptors (Lipinski definition) is 1. The maximum Gasteiger partial charge on any atom is 0.430 e. The Morgan fingerprint density at radius 2 is 0.833 bits per heavy atom. The lowest BCUT2D eigenvalue weighted by atomic mass is 9.88. The molecule has 0 aliphatic carbocycles. The van der Waals surface area contributed by atoms with Gasteiger partial charge in [-0.05, 0) is 40.5 Å². The molecule has 0 aliphatic heterocycles. The van der Waals surface area contributed by atoms with Gasteiger partial charge in [-0.15, -0.1) is 0 Å². The second-order valence-electron chi connectivity index (χ2n) is 7.62. The van der Waals surface area contributed by atoms with Crippen LogP contribution in [-0.4, -0.2) is 17.5 Å². The summed E-state index contributed by atoms with van der Waals surface area (Å²) in [7, 11) is 0. The van der Waals surface area contributed by atoms with Crippen molar-refractivity contribution in [2.24, 2.45) is 0 Å². The molecule has 3 rings (SSSR count). The van der Waals surface area contributed by atoms with E-state index in [1.165, 1.54) is 18.2 Å². The lowest BCUT2D eigenvalue weighted by molar-refractivity contribution is -0.376. The molecule has 0 spiro atoms. The molecule has 0 saturated heterocycles. The number of alkyl halides is 12. The highest BCUT2D eigenvalue weighted by molar-refractivity contribution is 5.84. The van der Waals surface area contributed by atoms with Crippen molar-refractivity contribution in [1.82, 2.24) is 0 Å². The van der Waals surface area contributed by atoms with E-state index in [1.54, 1.807) is 0 Å². The fourth-order valence-electron chi connectivity index (χ4n) is 3.48. The van der Waals surface area contributed by atoms with Crippen molar-refractivity contribution in [3.05, 3.63) is 83.4 Å². The van der Waals surface area contributed by atoms with Crippen molar-refractivity contribution in [3.8, 4) is 22.3 Å². The number of rotatable bonds is 3. The van der Waals surface area contributed by atoms with Gasteiger partial charge in [-0.25, -0.2) is 0 Å². The molecule has 0 amide bonds. The third kappa shape index (κ3) is 5.01. The molecule has 0 radical (unpaired) electrons. The molecule has 0 bridgehead atoms. The van der Waals surface area contributed by atoms with Crippen LogP contribution >= 0.6 is 0 Å². The molecule has 36 heavy (non-hydrogen) atoms. The lowest BCUT2D eigenvalue weighted by Crippen LogP contribution is -2.53. The molecular weight excluding hydrogens is 520 g/mol. The molecule has 13 heteroatoms. The first-order valence-corrected chi connectivity index (χ1v) is 9.62. The van der Waals surface area contributed by atoms with E-state index >= 15 is 0 Å². The SMILES string of the molecule is OC(c1ccc(-c2ccccc2-c2cc(C(F)(F)F)cc(C(F)(F)F)c2)cc1)(C(F)(F)F)C(F)(F)F. The van der Waals surface area contributed by atoms with Crippen molar-refractivity contribution in [1.29, 1.82) is 0 Å². The zero-order valence-corrected chi connectivity index (χ0v) is 17.3. The Hall–Kier alpha value is -3.22. The van der Waals surface area contributed by atoms with E-state index in [-0.39, 0.29) is 22.8 Å². The summed E-state index contributed by atoms with van der Waals surface area (Å²) >= 11 is 0. The van der Waals surface area contributed by atoms with Crippen molar-refractivity contribution in [2.75, 3.05) is 0 Å². The summed E-state index contributed by atoms with van der Waals surface area (Å²) in [5.41, 5.74) is -11.0. The highest BCUT2D eigenvalue weighted by atomic mass is 19.4. The molecule has 0 fully saturated rings. The first-order chi connectivity index (χ1) is 16.3. The van der Waals surface area contributed by atoms with Gasteiger partial charge in [0.2, 0.25) is 0 Å². The number of benzene rings is 3. The zero-order valence-electron chi connectivity index (χ0n) is 17.3. The summed E-state index contributed by atoms with van der Waals surface area (Å²) < 4.78 is 158. The Kier molecular flexibility index (Phi) is 6.63. The van der Waals surface area contributed by atoms with Crippen LogP contribution in [0.2, 0.25) is 0 Å². The van der Waals surface area contributed by atoms with Crippen LogP contribution < -0.4 is 0 Å². The third-order valence-corrected chi connectivity index (χ3v) is 5.26. The monoisotopic (exact) mass is 532 g/mol. The maximum absolute atomic E-state index is 13.2. The molecule has 3 aromatic carbocycles. The number of hydrogen-bond donors (Lipinski definition) is 1. The molecule has 0 aromatic heterocycles. The van der Waals surface area contributed by atoms with Crippen LogP contribution in [0.25, 0.3) is 22.3 Å². The minimum Gasteiger partial charge on any atom is -0.369 e. The molecular formula is C23H12F12O. The Labute approximate surface area is 194 Å².